The van der Waals surface area contributed by atoms with Gasteiger partial charge in [0, 0.05) is 18.8 Å². The summed E-state index contributed by atoms with van der Waals surface area (Å²) in [5.74, 6) is 0.00946. The first-order valence-corrected chi connectivity index (χ1v) is 8.23. The zero-order valence-electron chi connectivity index (χ0n) is 12.3. The van der Waals surface area contributed by atoms with Crippen LogP contribution in [-0.4, -0.2) is 39.1 Å². The Morgan fingerprint density at radius 3 is 2.91 bits per heavy atom. The number of aromatic nitrogens is 2. The highest BCUT2D eigenvalue weighted by atomic mass is 32.2. The molecule has 1 atom stereocenters. The van der Waals surface area contributed by atoms with Crippen LogP contribution in [0.1, 0.15) is 38.3 Å². The second-order valence-corrected chi connectivity index (χ2v) is 6.10. The van der Waals surface area contributed by atoms with Gasteiger partial charge in [-0.25, -0.2) is 9.97 Å². The summed E-state index contributed by atoms with van der Waals surface area (Å²) >= 11 is 0.952. The molecule has 0 aromatic carbocycles. The van der Waals surface area contributed by atoms with Crippen LogP contribution in [-0.2, 0) is 11.0 Å². The molecule has 8 heteroatoms. The molecule has 22 heavy (non-hydrogen) atoms. The van der Waals surface area contributed by atoms with E-state index in [-0.39, 0.29) is 22.9 Å². The number of hydrogen-bond acceptors (Lipinski definition) is 4. The summed E-state index contributed by atoms with van der Waals surface area (Å²) in [6.07, 6.45) is 0.559. The minimum Gasteiger partial charge on any atom is -0.339 e. The highest BCUT2D eigenvalue weighted by molar-refractivity contribution is 7.99. The van der Waals surface area contributed by atoms with Crippen LogP contribution in [0.4, 0.5) is 13.2 Å². The van der Waals surface area contributed by atoms with E-state index in [1.807, 2.05) is 11.8 Å². The normalized spacial score (nSPS) is 19.3. The van der Waals surface area contributed by atoms with E-state index in [0.717, 1.165) is 56.3 Å². The van der Waals surface area contributed by atoms with Crippen molar-refractivity contribution in [3.63, 3.8) is 0 Å². The van der Waals surface area contributed by atoms with Gasteiger partial charge in [0.1, 0.15) is 5.69 Å². The van der Waals surface area contributed by atoms with Gasteiger partial charge in [-0.15, -0.1) is 0 Å². The Labute approximate surface area is 131 Å². The molecule has 0 N–H and O–H groups in total. The first-order valence-electron chi connectivity index (χ1n) is 7.24. The van der Waals surface area contributed by atoms with Crippen molar-refractivity contribution in [2.24, 2.45) is 0 Å². The first-order chi connectivity index (χ1) is 10.4. The molecule has 0 aliphatic carbocycles. The van der Waals surface area contributed by atoms with Gasteiger partial charge in [-0.2, -0.15) is 13.2 Å². The van der Waals surface area contributed by atoms with E-state index in [0.29, 0.717) is 0 Å². The Bertz CT molecular complexity index is 524. The number of carbonyl (C=O) groups is 1. The van der Waals surface area contributed by atoms with E-state index in [2.05, 4.69) is 9.97 Å². The molecule has 1 unspecified atom stereocenters. The molecule has 0 spiro atoms. The molecule has 122 valence electrons. The summed E-state index contributed by atoms with van der Waals surface area (Å²) in [5.41, 5.74) is -0.984. The molecule has 1 aliphatic rings. The Morgan fingerprint density at radius 2 is 2.23 bits per heavy atom. The van der Waals surface area contributed by atoms with Crippen LogP contribution >= 0.6 is 11.8 Å². The number of halogens is 3. The molecule has 1 aliphatic heterocycles. The topological polar surface area (TPSA) is 46.1 Å². The average Bonchev–Trinajstić information content (AvgIpc) is 2.52. The van der Waals surface area contributed by atoms with Crippen molar-refractivity contribution >= 4 is 17.7 Å². The summed E-state index contributed by atoms with van der Waals surface area (Å²) < 4.78 is 37.7. The van der Waals surface area contributed by atoms with Crippen molar-refractivity contribution in [1.82, 2.24) is 14.9 Å². The fraction of sp³-hybridized carbons (Fsp3) is 0.643. The number of hydrogen-bond donors (Lipinski definition) is 0. The standard InChI is InChI=1S/C14H18F3N3OS/c1-2-10-5-3-4-8-20(10)12(21)9-22-13-18-7-6-11(19-13)14(15,16)17/h6-7,10H,2-5,8-9H2,1H3. The van der Waals surface area contributed by atoms with Crippen molar-refractivity contribution in [1.29, 1.82) is 0 Å². The number of carbonyl (C=O) groups excluding carboxylic acids is 1. The molecule has 2 heterocycles. The molecule has 0 saturated carbocycles. The Hall–Kier alpha value is -1.31. The maximum absolute atomic E-state index is 12.6. The molecule has 1 amide bonds. The highest BCUT2D eigenvalue weighted by Gasteiger charge is 2.33. The molecule has 2 rings (SSSR count). The van der Waals surface area contributed by atoms with E-state index >= 15 is 0 Å². The zero-order valence-corrected chi connectivity index (χ0v) is 13.1. The maximum atomic E-state index is 12.6. The van der Waals surface area contributed by atoms with Crippen LogP contribution in [0.5, 0.6) is 0 Å². The van der Waals surface area contributed by atoms with Gasteiger partial charge in [-0.3, -0.25) is 4.79 Å². The van der Waals surface area contributed by atoms with Gasteiger partial charge in [-0.1, -0.05) is 18.7 Å². The third kappa shape index (κ3) is 4.34. The SMILES string of the molecule is CCC1CCCCN1C(=O)CSc1nccc(C(F)(F)F)n1. The van der Waals surface area contributed by atoms with Crippen LogP contribution in [0, 0.1) is 0 Å². The fourth-order valence-electron chi connectivity index (χ4n) is 2.53. The van der Waals surface area contributed by atoms with Crippen molar-refractivity contribution in [2.75, 3.05) is 12.3 Å². The summed E-state index contributed by atoms with van der Waals surface area (Å²) in [7, 11) is 0. The van der Waals surface area contributed by atoms with E-state index in [1.54, 1.807) is 0 Å². The number of thioether (sulfide) groups is 1. The lowest BCUT2D eigenvalue weighted by Gasteiger charge is -2.35. The second kappa shape index (κ2) is 7.30. The lowest BCUT2D eigenvalue weighted by atomic mass is 10.0. The molecule has 0 bridgehead atoms. The van der Waals surface area contributed by atoms with Gasteiger partial charge in [0.25, 0.3) is 0 Å². The summed E-state index contributed by atoms with van der Waals surface area (Å²) in [5, 5.41) is -0.0202. The quantitative estimate of drug-likeness (QED) is 0.626. The van der Waals surface area contributed by atoms with Gasteiger partial charge in [0.05, 0.1) is 5.75 Å². The predicted molar refractivity (Wildman–Crippen MR) is 77.4 cm³/mol. The predicted octanol–water partition coefficient (Wildman–Crippen LogP) is 3.38. The lowest BCUT2D eigenvalue weighted by molar-refractivity contribution is -0.141. The van der Waals surface area contributed by atoms with Crippen LogP contribution in [0.15, 0.2) is 17.4 Å². The first kappa shape index (κ1) is 17.1. The third-order valence-corrected chi connectivity index (χ3v) is 4.51. The molecule has 4 nitrogen and oxygen atoms in total. The third-order valence-electron chi connectivity index (χ3n) is 3.67. The fourth-order valence-corrected chi connectivity index (χ4v) is 3.25. The van der Waals surface area contributed by atoms with Gasteiger partial charge >= 0.3 is 6.18 Å². The second-order valence-electron chi connectivity index (χ2n) is 5.16. The minimum absolute atomic E-state index is 0.0202. The van der Waals surface area contributed by atoms with Crippen molar-refractivity contribution in [3.8, 4) is 0 Å². The maximum Gasteiger partial charge on any atom is 0.433 e. The molecular weight excluding hydrogens is 315 g/mol. The van der Waals surface area contributed by atoms with Crippen molar-refractivity contribution in [3.05, 3.63) is 18.0 Å². The van der Waals surface area contributed by atoms with E-state index in [1.165, 1.54) is 0 Å². The minimum atomic E-state index is -4.50. The van der Waals surface area contributed by atoms with E-state index in [4.69, 9.17) is 0 Å². The molecular formula is C14H18F3N3OS. The number of amides is 1. The molecule has 1 saturated heterocycles. The molecule has 1 aromatic rings. The van der Waals surface area contributed by atoms with Gasteiger partial charge in [-0.05, 0) is 31.7 Å². The van der Waals surface area contributed by atoms with Gasteiger partial charge in [0.2, 0.25) is 5.91 Å². The van der Waals surface area contributed by atoms with E-state index < -0.39 is 11.9 Å². The number of piperidine rings is 1. The van der Waals surface area contributed by atoms with E-state index in [9.17, 15) is 18.0 Å². The summed E-state index contributed by atoms with van der Waals surface area (Å²) in [6, 6.07) is 1.06. The van der Waals surface area contributed by atoms with Crippen LogP contribution < -0.4 is 0 Å². The van der Waals surface area contributed by atoms with Gasteiger partial charge < -0.3 is 4.90 Å². The number of rotatable bonds is 4. The lowest BCUT2D eigenvalue weighted by Crippen LogP contribution is -2.44. The summed E-state index contributed by atoms with van der Waals surface area (Å²) in [6.45, 7) is 2.76. The monoisotopic (exact) mass is 333 g/mol. The Kier molecular flexibility index (Phi) is 5.66. The molecule has 1 fully saturated rings. The van der Waals surface area contributed by atoms with Crippen molar-refractivity contribution in [2.45, 2.75) is 50.0 Å². The number of nitrogens with zero attached hydrogens (tertiary/aromatic N) is 3. The average molecular weight is 333 g/mol. The zero-order chi connectivity index (χ0) is 16.2. The number of alkyl halides is 3. The van der Waals surface area contributed by atoms with Crippen LogP contribution in [0.3, 0.4) is 0 Å². The van der Waals surface area contributed by atoms with Crippen LogP contribution in [0.25, 0.3) is 0 Å². The molecule has 0 radical (unpaired) electrons. The Balaban J connectivity index is 1.96. The Morgan fingerprint density at radius 1 is 1.45 bits per heavy atom. The van der Waals surface area contributed by atoms with Crippen LogP contribution in [0.2, 0.25) is 0 Å². The molecule has 1 aromatic heterocycles. The number of likely N-dealkylation sites (tertiary alicyclic amines) is 1. The van der Waals surface area contributed by atoms with Gasteiger partial charge in [0.15, 0.2) is 5.16 Å². The largest absolute Gasteiger partial charge is 0.433 e. The summed E-state index contributed by atoms with van der Waals surface area (Å²) in [4.78, 5) is 21.3. The smallest absolute Gasteiger partial charge is 0.339 e. The van der Waals surface area contributed by atoms with Crippen molar-refractivity contribution < 1.29 is 18.0 Å². The highest BCUT2D eigenvalue weighted by Crippen LogP contribution is 2.28.